The summed E-state index contributed by atoms with van der Waals surface area (Å²) in [7, 11) is 3.27. The van der Waals surface area contributed by atoms with Gasteiger partial charge in [-0.1, -0.05) is 0 Å². The maximum atomic E-state index is 5.40. The molecule has 0 aliphatic heterocycles. The van der Waals surface area contributed by atoms with E-state index in [1.807, 2.05) is 24.3 Å². The molecule has 0 saturated heterocycles. The summed E-state index contributed by atoms with van der Waals surface area (Å²) in [5.74, 6) is 2.63. The molecule has 2 aromatic heterocycles. The van der Waals surface area contributed by atoms with Gasteiger partial charge in [-0.25, -0.2) is 4.98 Å². The number of nitrogens with one attached hydrogen (secondary N) is 1. The molecule has 0 bridgehead atoms. The van der Waals surface area contributed by atoms with E-state index < -0.39 is 0 Å². The second-order valence-electron chi connectivity index (χ2n) is 4.95. The molecular formula is C17H18N2O4. The van der Waals surface area contributed by atoms with Gasteiger partial charge in [0.2, 0.25) is 0 Å². The Hall–Kier alpha value is -2.73. The number of hydrogen-bond acceptors (Lipinski definition) is 6. The number of nitrogens with zero attached hydrogens (tertiary/aromatic N) is 1. The molecule has 1 aromatic carbocycles. The first-order valence-electron chi connectivity index (χ1n) is 7.19. The summed E-state index contributed by atoms with van der Waals surface area (Å²) in [4.78, 5) is 4.38. The summed E-state index contributed by atoms with van der Waals surface area (Å²) in [6, 6.07) is 9.38. The van der Waals surface area contributed by atoms with Crippen LogP contribution in [0.4, 0.5) is 0 Å². The van der Waals surface area contributed by atoms with E-state index in [4.69, 9.17) is 18.3 Å². The Morgan fingerprint density at radius 3 is 2.48 bits per heavy atom. The molecule has 0 aliphatic carbocycles. The normalized spacial score (nSPS) is 10.7. The number of aromatic nitrogens is 1. The highest BCUT2D eigenvalue weighted by Gasteiger charge is 2.09. The molecule has 0 atom stereocenters. The Labute approximate surface area is 134 Å². The average Bonchev–Trinajstić information content (AvgIpc) is 3.25. The van der Waals surface area contributed by atoms with Gasteiger partial charge in [-0.3, -0.25) is 0 Å². The summed E-state index contributed by atoms with van der Waals surface area (Å²) in [5, 5.41) is 3.31. The van der Waals surface area contributed by atoms with Crippen LogP contribution in [0.15, 0.2) is 51.7 Å². The number of ether oxygens (including phenoxy) is 2. The Kier molecular flexibility index (Phi) is 4.63. The molecule has 0 unspecified atom stereocenters. The predicted molar refractivity (Wildman–Crippen MR) is 84.3 cm³/mol. The largest absolute Gasteiger partial charge is 0.497 e. The summed E-state index contributed by atoms with van der Waals surface area (Å²) in [5.41, 5.74) is 1.88. The van der Waals surface area contributed by atoms with Crippen molar-refractivity contribution in [2.75, 3.05) is 14.2 Å². The predicted octanol–water partition coefficient (Wildman–Crippen LogP) is 3.24. The smallest absolute Gasteiger partial charge is 0.263 e. The van der Waals surface area contributed by atoms with E-state index >= 15 is 0 Å². The Balaban J connectivity index is 1.59. The average molecular weight is 314 g/mol. The molecule has 0 radical (unpaired) electrons. The molecule has 2 heterocycles. The van der Waals surface area contributed by atoms with Crippen molar-refractivity contribution in [1.82, 2.24) is 10.3 Å². The van der Waals surface area contributed by atoms with Gasteiger partial charge in [0.1, 0.15) is 17.8 Å². The number of methoxy groups -OCH3 is 2. The number of rotatable bonds is 7. The second kappa shape index (κ2) is 7.02. The van der Waals surface area contributed by atoms with Crippen molar-refractivity contribution >= 4 is 0 Å². The lowest BCUT2D eigenvalue weighted by Crippen LogP contribution is -2.13. The van der Waals surface area contributed by atoms with E-state index in [0.29, 0.717) is 24.7 Å². The van der Waals surface area contributed by atoms with Crippen molar-refractivity contribution in [2.24, 2.45) is 0 Å². The Morgan fingerprint density at radius 1 is 1.04 bits per heavy atom. The zero-order chi connectivity index (χ0) is 16.1. The first-order valence-corrected chi connectivity index (χ1v) is 7.19. The standard InChI is InChI=1S/C17H18N2O4/c1-20-14-6-12(7-15(8-14)21-2)9-18-10-13-11-23-17(19-13)16-4-3-5-22-16/h3-8,11,18H,9-10H2,1-2H3. The summed E-state index contributed by atoms with van der Waals surface area (Å²) in [6.45, 7) is 1.25. The fraction of sp³-hybridized carbons (Fsp3) is 0.235. The van der Waals surface area contributed by atoms with Gasteiger partial charge in [0.25, 0.3) is 5.89 Å². The molecule has 3 rings (SSSR count). The monoisotopic (exact) mass is 314 g/mol. The molecule has 0 amide bonds. The highest BCUT2D eigenvalue weighted by molar-refractivity contribution is 5.43. The molecule has 6 heteroatoms. The van der Waals surface area contributed by atoms with Gasteiger partial charge in [-0.05, 0) is 29.8 Å². The molecule has 0 fully saturated rings. The van der Waals surface area contributed by atoms with Gasteiger partial charge in [0, 0.05) is 19.2 Å². The molecule has 6 nitrogen and oxygen atoms in total. The van der Waals surface area contributed by atoms with E-state index in [9.17, 15) is 0 Å². The molecular weight excluding hydrogens is 296 g/mol. The van der Waals surface area contributed by atoms with Crippen LogP contribution in [-0.4, -0.2) is 19.2 Å². The number of hydrogen-bond donors (Lipinski definition) is 1. The molecule has 23 heavy (non-hydrogen) atoms. The van der Waals surface area contributed by atoms with Crippen molar-refractivity contribution in [3.8, 4) is 23.1 Å². The van der Waals surface area contributed by atoms with Crippen molar-refractivity contribution in [2.45, 2.75) is 13.1 Å². The van der Waals surface area contributed by atoms with E-state index in [1.165, 1.54) is 0 Å². The van der Waals surface area contributed by atoms with Gasteiger partial charge in [0.15, 0.2) is 5.76 Å². The van der Waals surface area contributed by atoms with E-state index in [-0.39, 0.29) is 0 Å². The lowest BCUT2D eigenvalue weighted by atomic mass is 10.2. The molecule has 3 aromatic rings. The fourth-order valence-corrected chi connectivity index (χ4v) is 2.20. The third kappa shape index (κ3) is 3.73. The summed E-state index contributed by atoms with van der Waals surface area (Å²) < 4.78 is 21.2. The van der Waals surface area contributed by atoms with Gasteiger partial charge in [-0.15, -0.1) is 0 Å². The van der Waals surface area contributed by atoms with Crippen molar-refractivity contribution in [3.63, 3.8) is 0 Å². The third-order valence-corrected chi connectivity index (χ3v) is 3.33. The van der Waals surface area contributed by atoms with E-state index in [1.54, 1.807) is 32.8 Å². The van der Waals surface area contributed by atoms with Crippen LogP contribution in [0.1, 0.15) is 11.3 Å². The third-order valence-electron chi connectivity index (χ3n) is 3.33. The van der Waals surface area contributed by atoms with Crippen LogP contribution in [0.3, 0.4) is 0 Å². The maximum Gasteiger partial charge on any atom is 0.263 e. The summed E-state index contributed by atoms with van der Waals surface area (Å²) in [6.07, 6.45) is 3.21. The molecule has 0 saturated carbocycles. The maximum absolute atomic E-state index is 5.40. The highest BCUT2D eigenvalue weighted by atomic mass is 16.5. The zero-order valence-corrected chi connectivity index (χ0v) is 13.0. The fourth-order valence-electron chi connectivity index (χ4n) is 2.20. The molecule has 0 spiro atoms. The van der Waals surface area contributed by atoms with Gasteiger partial charge >= 0.3 is 0 Å². The highest BCUT2D eigenvalue weighted by Crippen LogP contribution is 2.22. The molecule has 120 valence electrons. The van der Waals surface area contributed by atoms with Crippen LogP contribution in [0.25, 0.3) is 11.7 Å². The van der Waals surface area contributed by atoms with Crippen LogP contribution < -0.4 is 14.8 Å². The minimum absolute atomic E-state index is 0.481. The summed E-state index contributed by atoms with van der Waals surface area (Å²) >= 11 is 0. The SMILES string of the molecule is COc1cc(CNCc2coc(-c3ccco3)n2)cc(OC)c1. The molecule has 0 aliphatic rings. The zero-order valence-electron chi connectivity index (χ0n) is 13.0. The lowest BCUT2D eigenvalue weighted by Gasteiger charge is -2.08. The van der Waals surface area contributed by atoms with E-state index in [2.05, 4.69) is 10.3 Å². The number of benzene rings is 1. The van der Waals surface area contributed by atoms with Crippen LogP contribution in [0.5, 0.6) is 11.5 Å². The van der Waals surface area contributed by atoms with Crippen LogP contribution >= 0.6 is 0 Å². The number of oxazole rings is 1. The van der Waals surface area contributed by atoms with Crippen LogP contribution in [-0.2, 0) is 13.1 Å². The molecule has 1 N–H and O–H groups in total. The van der Waals surface area contributed by atoms with Crippen molar-refractivity contribution < 1.29 is 18.3 Å². The first-order chi connectivity index (χ1) is 11.3. The minimum Gasteiger partial charge on any atom is -0.497 e. The Bertz CT molecular complexity index is 728. The first kappa shape index (κ1) is 15.2. The van der Waals surface area contributed by atoms with Crippen LogP contribution in [0.2, 0.25) is 0 Å². The van der Waals surface area contributed by atoms with Gasteiger partial charge < -0.3 is 23.6 Å². The lowest BCUT2D eigenvalue weighted by molar-refractivity contribution is 0.393. The van der Waals surface area contributed by atoms with Crippen LogP contribution in [0, 0.1) is 0 Å². The van der Waals surface area contributed by atoms with Crippen molar-refractivity contribution in [1.29, 1.82) is 0 Å². The van der Waals surface area contributed by atoms with Gasteiger partial charge in [0.05, 0.1) is 26.2 Å². The quantitative estimate of drug-likeness (QED) is 0.722. The number of furan rings is 1. The Morgan fingerprint density at radius 2 is 1.83 bits per heavy atom. The van der Waals surface area contributed by atoms with E-state index in [0.717, 1.165) is 22.8 Å². The van der Waals surface area contributed by atoms with Crippen molar-refractivity contribution in [3.05, 3.63) is 54.1 Å². The topological polar surface area (TPSA) is 69.7 Å². The van der Waals surface area contributed by atoms with Gasteiger partial charge in [-0.2, -0.15) is 0 Å². The second-order valence-corrected chi connectivity index (χ2v) is 4.95. The minimum atomic E-state index is 0.481.